The number of para-hydroxylation sites is 3. The molecule has 51 heavy (non-hydrogen) atoms. The number of rotatable bonds is 6. The topological polar surface area (TPSA) is 21.3 Å². The van der Waals surface area contributed by atoms with Crippen molar-refractivity contribution in [1.29, 1.82) is 0 Å². The fourth-order valence-corrected chi connectivity index (χ4v) is 7.73. The van der Waals surface area contributed by atoms with Crippen LogP contribution in [0.2, 0.25) is 0 Å². The molecule has 0 aliphatic rings. The fourth-order valence-electron chi connectivity index (χ4n) is 7.73. The first-order valence-corrected chi connectivity index (χ1v) is 17.4. The van der Waals surface area contributed by atoms with E-state index < -0.39 is 0 Å². The Hall–Kier alpha value is -6.84. The molecule has 0 saturated heterocycles. The normalized spacial score (nSPS) is 11.5. The van der Waals surface area contributed by atoms with E-state index in [9.17, 15) is 0 Å². The number of aromatic nitrogens is 1. The molecule has 0 unspecified atom stereocenters. The standard InChI is InChI=1S/C48H32N2O/c1-4-15-33(16-5-1)34-17-12-18-35(31-34)39-24-13-25-42-47(39)40-30-29-38(32-44(40)50(42)37-21-8-3-9-22-37)49(36-19-6-2-7-20-36)43-26-14-28-46-48(43)41-23-10-11-27-45(41)51-46/h1-32H. The number of hydrogen-bond donors (Lipinski definition) is 0. The molecular weight excluding hydrogens is 621 g/mol. The molecule has 0 N–H and O–H groups in total. The third kappa shape index (κ3) is 4.82. The Kier molecular flexibility index (Phi) is 6.81. The molecule has 2 aromatic heterocycles. The van der Waals surface area contributed by atoms with Crippen molar-refractivity contribution in [2.45, 2.75) is 0 Å². The summed E-state index contributed by atoms with van der Waals surface area (Å²) in [6.45, 7) is 0. The average Bonchev–Trinajstić information content (AvgIpc) is 3.75. The van der Waals surface area contributed by atoms with Gasteiger partial charge >= 0.3 is 0 Å². The van der Waals surface area contributed by atoms with Gasteiger partial charge in [0.25, 0.3) is 0 Å². The van der Waals surface area contributed by atoms with Crippen LogP contribution in [0.25, 0.3) is 71.7 Å². The monoisotopic (exact) mass is 652 g/mol. The van der Waals surface area contributed by atoms with E-state index in [-0.39, 0.29) is 0 Å². The van der Waals surface area contributed by atoms with Crippen molar-refractivity contribution in [3.8, 4) is 27.9 Å². The van der Waals surface area contributed by atoms with Gasteiger partial charge in [0.2, 0.25) is 0 Å². The molecule has 2 heterocycles. The molecule has 3 heteroatoms. The van der Waals surface area contributed by atoms with Gasteiger partial charge in [0, 0.05) is 33.2 Å². The predicted octanol–water partition coefficient (Wildman–Crippen LogP) is 13.5. The van der Waals surface area contributed by atoms with Crippen LogP contribution in [0.15, 0.2) is 199 Å². The van der Waals surface area contributed by atoms with Crippen LogP contribution >= 0.6 is 0 Å². The maximum absolute atomic E-state index is 6.36. The molecule has 10 aromatic rings. The van der Waals surface area contributed by atoms with Crippen LogP contribution in [0.4, 0.5) is 17.1 Å². The third-order valence-electron chi connectivity index (χ3n) is 9.96. The van der Waals surface area contributed by atoms with Crippen molar-refractivity contribution in [2.24, 2.45) is 0 Å². The number of furan rings is 1. The Bertz CT molecular complexity index is 2850. The SMILES string of the molecule is c1ccc(-c2cccc(-c3cccc4c3c3ccc(N(c5ccccc5)c5cccc6oc7ccccc7c56)cc3n4-c3ccccc3)c2)cc1. The molecule has 10 rings (SSSR count). The summed E-state index contributed by atoms with van der Waals surface area (Å²) in [5.74, 6) is 0. The first-order valence-electron chi connectivity index (χ1n) is 17.4. The van der Waals surface area contributed by atoms with E-state index in [1.807, 2.05) is 12.1 Å². The lowest BCUT2D eigenvalue weighted by Gasteiger charge is -2.26. The number of benzene rings is 8. The van der Waals surface area contributed by atoms with Crippen molar-refractivity contribution < 1.29 is 4.42 Å². The molecule has 0 fully saturated rings. The molecule has 8 aromatic carbocycles. The third-order valence-corrected chi connectivity index (χ3v) is 9.96. The lowest BCUT2D eigenvalue weighted by Crippen LogP contribution is -2.10. The van der Waals surface area contributed by atoms with Crippen LogP contribution in [0.1, 0.15) is 0 Å². The molecule has 0 bridgehead atoms. The van der Waals surface area contributed by atoms with Gasteiger partial charge in [0.05, 0.1) is 22.1 Å². The van der Waals surface area contributed by atoms with Gasteiger partial charge in [-0.15, -0.1) is 0 Å². The van der Waals surface area contributed by atoms with E-state index in [0.29, 0.717) is 0 Å². The molecule has 0 aliphatic heterocycles. The highest BCUT2D eigenvalue weighted by molar-refractivity contribution is 6.17. The number of anilines is 3. The van der Waals surface area contributed by atoms with E-state index in [2.05, 4.69) is 191 Å². The predicted molar refractivity (Wildman–Crippen MR) is 214 cm³/mol. The Morgan fingerprint density at radius 3 is 1.90 bits per heavy atom. The van der Waals surface area contributed by atoms with Crippen molar-refractivity contribution in [2.75, 3.05) is 4.90 Å². The van der Waals surface area contributed by atoms with Crippen LogP contribution < -0.4 is 4.90 Å². The Morgan fingerprint density at radius 2 is 1.06 bits per heavy atom. The van der Waals surface area contributed by atoms with Crippen LogP contribution in [-0.2, 0) is 0 Å². The second kappa shape index (κ2) is 11.9. The second-order valence-electron chi connectivity index (χ2n) is 12.9. The Morgan fingerprint density at radius 1 is 0.392 bits per heavy atom. The number of nitrogens with zero attached hydrogens (tertiary/aromatic N) is 2. The molecule has 0 saturated carbocycles. The maximum atomic E-state index is 6.36. The van der Waals surface area contributed by atoms with Gasteiger partial charge in [-0.1, -0.05) is 127 Å². The number of fused-ring (bicyclic) bond motifs is 6. The van der Waals surface area contributed by atoms with Crippen LogP contribution in [-0.4, -0.2) is 4.57 Å². The van der Waals surface area contributed by atoms with Gasteiger partial charge in [0.15, 0.2) is 0 Å². The number of hydrogen-bond acceptors (Lipinski definition) is 2. The highest BCUT2D eigenvalue weighted by atomic mass is 16.3. The zero-order chi connectivity index (χ0) is 33.7. The largest absolute Gasteiger partial charge is 0.456 e. The zero-order valence-electron chi connectivity index (χ0n) is 27.8. The quantitative estimate of drug-likeness (QED) is 0.178. The van der Waals surface area contributed by atoms with Crippen LogP contribution in [0, 0.1) is 0 Å². The van der Waals surface area contributed by atoms with Gasteiger partial charge in [-0.05, 0) is 89.0 Å². The molecule has 0 amide bonds. The van der Waals surface area contributed by atoms with Crippen molar-refractivity contribution >= 4 is 60.8 Å². The second-order valence-corrected chi connectivity index (χ2v) is 12.9. The molecule has 0 spiro atoms. The summed E-state index contributed by atoms with van der Waals surface area (Å²) >= 11 is 0. The highest BCUT2D eigenvalue weighted by Crippen LogP contribution is 2.45. The first kappa shape index (κ1) is 29.1. The minimum Gasteiger partial charge on any atom is -0.456 e. The first-order chi connectivity index (χ1) is 25.3. The zero-order valence-corrected chi connectivity index (χ0v) is 27.8. The smallest absolute Gasteiger partial charge is 0.137 e. The summed E-state index contributed by atoms with van der Waals surface area (Å²) < 4.78 is 8.78. The van der Waals surface area contributed by atoms with Crippen molar-refractivity contribution in [3.05, 3.63) is 194 Å². The summed E-state index contributed by atoms with van der Waals surface area (Å²) in [4.78, 5) is 2.36. The molecule has 0 aliphatic carbocycles. The molecule has 0 atom stereocenters. The van der Waals surface area contributed by atoms with Gasteiger partial charge in [-0.3, -0.25) is 0 Å². The van der Waals surface area contributed by atoms with Crippen molar-refractivity contribution in [3.63, 3.8) is 0 Å². The summed E-state index contributed by atoms with van der Waals surface area (Å²) in [5.41, 5.74) is 13.2. The molecule has 240 valence electrons. The lowest BCUT2D eigenvalue weighted by molar-refractivity contribution is 0.669. The summed E-state index contributed by atoms with van der Waals surface area (Å²) in [7, 11) is 0. The molecular formula is C48H32N2O. The van der Waals surface area contributed by atoms with Gasteiger partial charge in [0.1, 0.15) is 11.2 Å². The molecule has 0 radical (unpaired) electrons. The highest BCUT2D eigenvalue weighted by Gasteiger charge is 2.22. The van der Waals surface area contributed by atoms with E-state index >= 15 is 0 Å². The van der Waals surface area contributed by atoms with E-state index in [0.717, 1.165) is 50.2 Å². The van der Waals surface area contributed by atoms with Gasteiger partial charge in [-0.2, -0.15) is 0 Å². The van der Waals surface area contributed by atoms with Crippen molar-refractivity contribution in [1.82, 2.24) is 4.57 Å². The Balaban J connectivity index is 1.25. The maximum Gasteiger partial charge on any atom is 0.137 e. The van der Waals surface area contributed by atoms with E-state index in [4.69, 9.17) is 4.42 Å². The van der Waals surface area contributed by atoms with E-state index in [1.165, 1.54) is 38.5 Å². The molecule has 3 nitrogen and oxygen atoms in total. The summed E-state index contributed by atoms with van der Waals surface area (Å²) in [6, 6.07) is 69.1. The minimum atomic E-state index is 0.872. The van der Waals surface area contributed by atoms with Gasteiger partial charge < -0.3 is 13.9 Å². The fraction of sp³-hybridized carbons (Fsp3) is 0. The lowest BCUT2D eigenvalue weighted by atomic mass is 9.96. The summed E-state index contributed by atoms with van der Waals surface area (Å²) in [5, 5.41) is 4.65. The van der Waals surface area contributed by atoms with Crippen LogP contribution in [0.5, 0.6) is 0 Å². The Labute approximate surface area is 295 Å². The van der Waals surface area contributed by atoms with Crippen LogP contribution in [0.3, 0.4) is 0 Å². The minimum absolute atomic E-state index is 0.872. The van der Waals surface area contributed by atoms with E-state index in [1.54, 1.807) is 0 Å². The summed E-state index contributed by atoms with van der Waals surface area (Å²) in [6.07, 6.45) is 0. The van der Waals surface area contributed by atoms with Gasteiger partial charge in [-0.25, -0.2) is 0 Å². The average molecular weight is 653 g/mol.